The molecule has 0 aliphatic rings. The van der Waals surface area contributed by atoms with Gasteiger partial charge in [-0.3, -0.25) is 9.59 Å². The van der Waals surface area contributed by atoms with Gasteiger partial charge in [-0.05, 0) is 34.6 Å². The minimum atomic E-state index is -0.346. The first kappa shape index (κ1) is 23.9. The fraction of sp³-hybridized carbons (Fsp3) is 0.476. The van der Waals surface area contributed by atoms with Crippen LogP contribution >= 0.6 is 22.7 Å². The molecule has 7 nitrogen and oxygen atoms in total. The SMILES string of the molecule is CC(C)C(=O)OC(C)(C)C.CC(C)n1ncc(-c2nccs2)c(-c2nccs2)c1=O. The summed E-state index contributed by atoms with van der Waals surface area (Å²) < 4.78 is 6.54. The summed E-state index contributed by atoms with van der Waals surface area (Å²) in [6, 6.07) is 0.00607. The van der Waals surface area contributed by atoms with Crippen molar-refractivity contribution in [2.45, 2.75) is 60.1 Å². The molecule has 0 saturated heterocycles. The van der Waals surface area contributed by atoms with Crippen LogP contribution < -0.4 is 5.56 Å². The third kappa shape index (κ3) is 6.30. The molecule has 0 radical (unpaired) electrons. The lowest BCUT2D eigenvalue weighted by atomic mass is 10.1. The zero-order valence-electron chi connectivity index (χ0n) is 18.4. The average Bonchev–Trinajstić information content (AvgIpc) is 3.34. The standard InChI is InChI=1S/C13H12N4OS2.C8H16O2/c1-8(2)17-13(18)10(12-15-4-6-20-12)9(7-16-17)11-14-3-5-19-11;1-6(2)7(9)10-8(3,4)5/h3-8H,1-2H3;6H,1-5H3. The monoisotopic (exact) mass is 448 g/mol. The predicted octanol–water partition coefficient (Wildman–Crippen LogP) is 5.06. The summed E-state index contributed by atoms with van der Waals surface area (Å²) in [7, 11) is 0. The molecule has 0 atom stereocenters. The lowest BCUT2D eigenvalue weighted by Gasteiger charge is -2.20. The second kappa shape index (κ2) is 10.1. The van der Waals surface area contributed by atoms with E-state index in [4.69, 9.17) is 4.74 Å². The van der Waals surface area contributed by atoms with Gasteiger partial charge in [-0.15, -0.1) is 22.7 Å². The van der Waals surface area contributed by atoms with Crippen molar-refractivity contribution in [3.05, 3.63) is 39.7 Å². The third-order valence-electron chi connectivity index (χ3n) is 3.68. The van der Waals surface area contributed by atoms with Crippen LogP contribution in [-0.2, 0) is 9.53 Å². The molecule has 3 rings (SSSR count). The van der Waals surface area contributed by atoms with Gasteiger partial charge in [0.15, 0.2) is 0 Å². The van der Waals surface area contributed by atoms with E-state index >= 15 is 0 Å². The molecule has 0 N–H and O–H groups in total. The zero-order valence-corrected chi connectivity index (χ0v) is 20.0. The fourth-order valence-corrected chi connectivity index (χ4v) is 3.67. The van der Waals surface area contributed by atoms with Crippen LogP contribution in [-0.4, -0.2) is 31.3 Å². The molecular weight excluding hydrogens is 420 g/mol. The maximum Gasteiger partial charge on any atom is 0.308 e. The zero-order chi connectivity index (χ0) is 22.5. The van der Waals surface area contributed by atoms with Crippen LogP contribution in [0.25, 0.3) is 21.1 Å². The van der Waals surface area contributed by atoms with Gasteiger partial charge in [0.1, 0.15) is 15.6 Å². The molecular formula is C21H28N4O3S2. The molecule has 0 amide bonds. The van der Waals surface area contributed by atoms with E-state index in [-0.39, 0.29) is 29.1 Å². The second-order valence-corrected chi connectivity index (χ2v) is 9.93. The first-order valence-corrected chi connectivity index (χ1v) is 11.4. The Labute approximate surface area is 184 Å². The van der Waals surface area contributed by atoms with Crippen molar-refractivity contribution in [1.82, 2.24) is 19.7 Å². The maximum atomic E-state index is 12.7. The Balaban J connectivity index is 0.000000274. The van der Waals surface area contributed by atoms with Gasteiger partial charge in [-0.2, -0.15) is 5.10 Å². The van der Waals surface area contributed by atoms with Crippen LogP contribution in [0.4, 0.5) is 0 Å². The Hall–Kier alpha value is -2.39. The topological polar surface area (TPSA) is 87.0 Å². The second-order valence-electron chi connectivity index (χ2n) is 8.14. The summed E-state index contributed by atoms with van der Waals surface area (Å²) in [6.45, 7) is 13.1. The van der Waals surface area contributed by atoms with Crippen molar-refractivity contribution in [2.75, 3.05) is 0 Å². The number of esters is 1. The fourth-order valence-electron chi connectivity index (χ4n) is 2.33. The minimum absolute atomic E-state index is 0.00607. The quantitative estimate of drug-likeness (QED) is 0.519. The average molecular weight is 449 g/mol. The molecule has 0 fully saturated rings. The Morgan fingerprint density at radius 1 is 1.03 bits per heavy atom. The summed E-state index contributed by atoms with van der Waals surface area (Å²) in [5.41, 5.74) is 0.861. The van der Waals surface area contributed by atoms with Crippen LogP contribution in [0, 0.1) is 5.92 Å². The van der Waals surface area contributed by atoms with E-state index in [0.717, 1.165) is 10.6 Å². The van der Waals surface area contributed by atoms with Crippen molar-refractivity contribution < 1.29 is 9.53 Å². The Morgan fingerprint density at radius 2 is 1.60 bits per heavy atom. The van der Waals surface area contributed by atoms with Gasteiger partial charge in [-0.1, -0.05) is 13.8 Å². The van der Waals surface area contributed by atoms with Crippen molar-refractivity contribution in [3.8, 4) is 21.1 Å². The van der Waals surface area contributed by atoms with Crippen LogP contribution in [0.3, 0.4) is 0 Å². The number of rotatable bonds is 4. The first-order chi connectivity index (χ1) is 14.0. The van der Waals surface area contributed by atoms with Crippen LogP contribution in [0.2, 0.25) is 0 Å². The van der Waals surface area contributed by atoms with Crippen LogP contribution in [0.15, 0.2) is 34.1 Å². The molecule has 0 unspecified atom stereocenters. The highest BCUT2D eigenvalue weighted by Gasteiger charge is 2.19. The van der Waals surface area contributed by atoms with E-state index in [2.05, 4.69) is 15.1 Å². The molecule has 0 aliphatic heterocycles. The molecule has 0 aromatic carbocycles. The van der Waals surface area contributed by atoms with Crippen LogP contribution in [0.1, 0.15) is 54.5 Å². The van der Waals surface area contributed by atoms with Gasteiger partial charge in [0.2, 0.25) is 0 Å². The van der Waals surface area contributed by atoms with Gasteiger partial charge >= 0.3 is 5.97 Å². The number of hydrogen-bond acceptors (Lipinski definition) is 8. The number of aromatic nitrogens is 4. The van der Waals surface area contributed by atoms with Crippen molar-refractivity contribution >= 4 is 28.6 Å². The molecule has 0 saturated carbocycles. The van der Waals surface area contributed by atoms with Crippen molar-refractivity contribution in [2.24, 2.45) is 5.92 Å². The number of carbonyl (C=O) groups excluding carboxylic acids is 1. The van der Waals surface area contributed by atoms with E-state index in [0.29, 0.717) is 10.6 Å². The smallest absolute Gasteiger partial charge is 0.308 e. The Morgan fingerprint density at radius 3 is 2.00 bits per heavy atom. The van der Waals surface area contributed by atoms with Gasteiger partial charge in [-0.25, -0.2) is 14.6 Å². The predicted molar refractivity (Wildman–Crippen MR) is 122 cm³/mol. The summed E-state index contributed by atoms with van der Waals surface area (Å²) >= 11 is 2.93. The lowest BCUT2D eigenvalue weighted by molar-refractivity contribution is -0.158. The highest BCUT2D eigenvalue weighted by atomic mass is 32.1. The summed E-state index contributed by atoms with van der Waals surface area (Å²) in [6.07, 6.45) is 5.13. The molecule has 0 spiro atoms. The largest absolute Gasteiger partial charge is 0.460 e. The normalized spacial score (nSPS) is 11.4. The number of ether oxygens (including phenoxy) is 1. The number of carbonyl (C=O) groups is 1. The van der Waals surface area contributed by atoms with E-state index in [1.165, 1.54) is 27.4 Å². The molecule has 0 aliphatic carbocycles. The molecule has 3 aromatic heterocycles. The summed E-state index contributed by atoms with van der Waals surface area (Å²) in [5, 5.41) is 9.49. The molecule has 30 heavy (non-hydrogen) atoms. The molecule has 9 heteroatoms. The number of hydrogen-bond donors (Lipinski definition) is 0. The first-order valence-electron chi connectivity index (χ1n) is 9.65. The van der Waals surface area contributed by atoms with Gasteiger partial charge < -0.3 is 4.74 Å². The molecule has 3 heterocycles. The minimum Gasteiger partial charge on any atom is -0.460 e. The molecule has 3 aromatic rings. The number of thiazole rings is 2. The van der Waals surface area contributed by atoms with Gasteiger partial charge in [0, 0.05) is 28.7 Å². The summed E-state index contributed by atoms with van der Waals surface area (Å²) in [4.78, 5) is 32.2. The highest BCUT2D eigenvalue weighted by Crippen LogP contribution is 2.31. The van der Waals surface area contributed by atoms with Crippen molar-refractivity contribution in [3.63, 3.8) is 0 Å². The van der Waals surface area contributed by atoms with Crippen LogP contribution in [0.5, 0.6) is 0 Å². The Kier molecular flexibility index (Phi) is 8.03. The van der Waals surface area contributed by atoms with E-state index < -0.39 is 0 Å². The summed E-state index contributed by atoms with van der Waals surface area (Å²) in [5.74, 6) is -0.160. The van der Waals surface area contributed by atoms with Gasteiger partial charge in [0.25, 0.3) is 5.56 Å². The van der Waals surface area contributed by atoms with Crippen molar-refractivity contribution in [1.29, 1.82) is 0 Å². The van der Waals surface area contributed by atoms with E-state index in [1.807, 2.05) is 59.2 Å². The number of nitrogens with zero attached hydrogens (tertiary/aromatic N) is 4. The van der Waals surface area contributed by atoms with E-state index in [1.54, 1.807) is 18.6 Å². The highest BCUT2D eigenvalue weighted by molar-refractivity contribution is 7.14. The van der Waals surface area contributed by atoms with E-state index in [9.17, 15) is 9.59 Å². The third-order valence-corrected chi connectivity index (χ3v) is 5.28. The maximum absolute atomic E-state index is 12.7. The lowest BCUT2D eigenvalue weighted by Crippen LogP contribution is -2.26. The molecule has 162 valence electrons. The van der Waals surface area contributed by atoms with Gasteiger partial charge in [0.05, 0.1) is 23.7 Å². The molecule has 0 bridgehead atoms. The Bertz CT molecular complexity index is 1000.